The van der Waals surface area contributed by atoms with E-state index in [1.54, 1.807) is 0 Å². The quantitative estimate of drug-likeness (QED) is 0.151. The first-order valence-electron chi connectivity index (χ1n) is 26.8. The maximum atomic E-state index is 6.71. The van der Waals surface area contributed by atoms with Crippen LogP contribution in [0.15, 0.2) is 285 Å². The lowest BCUT2D eigenvalue weighted by atomic mass is 9.66. The number of aromatic nitrogens is 1. The van der Waals surface area contributed by atoms with Crippen molar-refractivity contribution in [1.29, 1.82) is 0 Å². The minimum atomic E-state index is -0.573. The molecule has 77 heavy (non-hydrogen) atoms. The standard InChI is InChI=1S/C74H52N2O/c1-73(62-33-12-8-27-55(62)50-23-4-2-5-24-50)48-21-20-34-63(73)60-30-11-17-39-69(60)75(53-44-42-51(43-45-53)56-31-22-32-59-58-29-10-16-38-68(58)76(72(56)59)52-25-6-3-7-26-52)54-46-47-65-61(49-54)57-28-9-13-35-64(57)74(65)66-36-14-18-40-70(66)77-71-41-19-15-37-67(71)74/h2-47,49H,48H2,1H3. The van der Waals surface area contributed by atoms with Crippen molar-refractivity contribution < 1.29 is 4.74 Å². The zero-order chi connectivity index (χ0) is 51.1. The van der Waals surface area contributed by atoms with Gasteiger partial charge in [0, 0.05) is 55.5 Å². The Balaban J connectivity index is 0.947. The van der Waals surface area contributed by atoms with E-state index in [1.807, 2.05) is 0 Å². The number of fused-ring (bicyclic) bond motifs is 12. The molecular formula is C74H52N2O. The van der Waals surface area contributed by atoms with Crippen molar-refractivity contribution in [2.45, 2.75) is 24.2 Å². The van der Waals surface area contributed by atoms with Gasteiger partial charge in [-0.25, -0.2) is 0 Å². The molecule has 2 aliphatic carbocycles. The fraction of sp³-hybridized carbons (Fsp3) is 0.0541. The molecule has 1 unspecified atom stereocenters. The minimum Gasteiger partial charge on any atom is -0.457 e. The van der Waals surface area contributed by atoms with Gasteiger partial charge in [-0.1, -0.05) is 231 Å². The first-order valence-corrected chi connectivity index (χ1v) is 26.8. The van der Waals surface area contributed by atoms with Crippen molar-refractivity contribution in [3.63, 3.8) is 0 Å². The number of allylic oxidation sites excluding steroid dienone is 4. The molecule has 1 aliphatic heterocycles. The monoisotopic (exact) mass is 984 g/mol. The largest absolute Gasteiger partial charge is 0.457 e. The highest BCUT2D eigenvalue weighted by atomic mass is 16.5. The van der Waals surface area contributed by atoms with Crippen LogP contribution in [0.25, 0.3) is 66.4 Å². The third kappa shape index (κ3) is 6.76. The van der Waals surface area contributed by atoms with E-state index in [9.17, 15) is 0 Å². The van der Waals surface area contributed by atoms with E-state index in [2.05, 4.69) is 302 Å². The zero-order valence-electron chi connectivity index (χ0n) is 42.6. The summed E-state index contributed by atoms with van der Waals surface area (Å²) in [5, 5.41) is 2.48. The molecule has 3 nitrogen and oxygen atoms in total. The van der Waals surface area contributed by atoms with Crippen molar-refractivity contribution in [1.82, 2.24) is 4.57 Å². The third-order valence-electron chi connectivity index (χ3n) is 16.8. The molecule has 12 aromatic rings. The Morgan fingerprint density at radius 3 is 1.74 bits per heavy atom. The minimum absolute atomic E-state index is 0.351. The van der Waals surface area contributed by atoms with E-state index in [0.29, 0.717) is 0 Å². The van der Waals surface area contributed by atoms with E-state index in [4.69, 9.17) is 4.74 Å². The molecule has 3 aliphatic rings. The lowest BCUT2D eigenvalue weighted by Gasteiger charge is -2.39. The molecule has 15 rings (SSSR count). The Morgan fingerprint density at radius 2 is 0.974 bits per heavy atom. The van der Waals surface area contributed by atoms with Crippen molar-refractivity contribution in [2.24, 2.45) is 0 Å². The van der Waals surface area contributed by atoms with Crippen molar-refractivity contribution in [2.75, 3.05) is 4.90 Å². The number of nitrogens with zero attached hydrogens (tertiary/aromatic N) is 2. The first-order chi connectivity index (χ1) is 38.1. The van der Waals surface area contributed by atoms with Crippen LogP contribution in [-0.4, -0.2) is 4.57 Å². The molecule has 0 amide bonds. The van der Waals surface area contributed by atoms with Crippen LogP contribution >= 0.6 is 0 Å². The molecule has 1 atom stereocenters. The molecule has 1 aromatic heterocycles. The second-order valence-corrected chi connectivity index (χ2v) is 20.9. The molecule has 1 spiro atoms. The van der Waals surface area contributed by atoms with E-state index in [0.717, 1.165) is 57.4 Å². The summed E-state index contributed by atoms with van der Waals surface area (Å²) in [6, 6.07) is 98.0. The van der Waals surface area contributed by atoms with Gasteiger partial charge < -0.3 is 14.2 Å². The van der Waals surface area contributed by atoms with Crippen molar-refractivity contribution in [3.05, 3.63) is 319 Å². The number of ether oxygens (including phenoxy) is 1. The molecule has 0 N–H and O–H groups in total. The predicted molar refractivity (Wildman–Crippen MR) is 319 cm³/mol. The van der Waals surface area contributed by atoms with Gasteiger partial charge in [-0.3, -0.25) is 0 Å². The maximum absolute atomic E-state index is 6.71. The van der Waals surface area contributed by atoms with Gasteiger partial charge in [0.25, 0.3) is 0 Å². The Morgan fingerprint density at radius 1 is 0.416 bits per heavy atom. The lowest BCUT2D eigenvalue weighted by molar-refractivity contribution is 0.436. The highest BCUT2D eigenvalue weighted by molar-refractivity contribution is 6.14. The van der Waals surface area contributed by atoms with Crippen LogP contribution in [-0.2, 0) is 10.8 Å². The van der Waals surface area contributed by atoms with E-state index >= 15 is 0 Å². The average molecular weight is 985 g/mol. The van der Waals surface area contributed by atoms with Gasteiger partial charge in [0.2, 0.25) is 0 Å². The molecule has 2 heterocycles. The normalized spacial score (nSPS) is 15.6. The van der Waals surface area contributed by atoms with Crippen LogP contribution in [0.5, 0.6) is 11.5 Å². The highest BCUT2D eigenvalue weighted by Crippen LogP contribution is 2.63. The SMILES string of the molecule is CC1(c2ccccc2-c2ccccc2)CC=CC=C1c1ccccc1N(c1ccc(-c2cccc3c4ccccc4n(-c4ccccc4)c23)cc1)c1ccc2c(c1)-c1ccccc1C21c2ccccc2Oc2ccccc21. The molecule has 0 bridgehead atoms. The number of anilines is 3. The van der Waals surface area contributed by atoms with E-state index in [-0.39, 0.29) is 5.41 Å². The van der Waals surface area contributed by atoms with Crippen LogP contribution in [0.4, 0.5) is 17.1 Å². The molecule has 0 fully saturated rings. The summed E-state index contributed by atoms with van der Waals surface area (Å²) < 4.78 is 9.14. The number of para-hydroxylation sites is 6. The van der Waals surface area contributed by atoms with Gasteiger partial charge in [0.1, 0.15) is 11.5 Å². The van der Waals surface area contributed by atoms with Crippen LogP contribution < -0.4 is 9.64 Å². The molecule has 0 saturated carbocycles. The van der Waals surface area contributed by atoms with Crippen LogP contribution in [0.2, 0.25) is 0 Å². The van der Waals surface area contributed by atoms with E-state index < -0.39 is 5.41 Å². The zero-order valence-corrected chi connectivity index (χ0v) is 42.6. The average Bonchev–Trinajstić information content (AvgIpc) is 4.17. The summed E-state index contributed by atoms with van der Waals surface area (Å²) in [7, 11) is 0. The number of benzene rings is 11. The van der Waals surface area contributed by atoms with Gasteiger partial charge in [-0.15, -0.1) is 0 Å². The summed E-state index contributed by atoms with van der Waals surface area (Å²) >= 11 is 0. The Bertz CT molecular complexity index is 4310. The fourth-order valence-corrected chi connectivity index (χ4v) is 13.4. The van der Waals surface area contributed by atoms with Gasteiger partial charge in [-0.05, 0) is 117 Å². The topological polar surface area (TPSA) is 17.4 Å². The molecule has 11 aromatic carbocycles. The van der Waals surface area contributed by atoms with E-state index in [1.165, 1.54) is 77.5 Å². The maximum Gasteiger partial charge on any atom is 0.132 e. The van der Waals surface area contributed by atoms with Crippen molar-refractivity contribution >= 4 is 44.4 Å². The van der Waals surface area contributed by atoms with Crippen LogP contribution in [0.1, 0.15) is 46.7 Å². The molecule has 0 saturated heterocycles. The van der Waals surface area contributed by atoms with Crippen LogP contribution in [0.3, 0.4) is 0 Å². The summed E-state index contributed by atoms with van der Waals surface area (Å²) in [6.45, 7) is 2.44. The highest BCUT2D eigenvalue weighted by Gasteiger charge is 2.51. The second-order valence-electron chi connectivity index (χ2n) is 20.9. The predicted octanol–water partition coefficient (Wildman–Crippen LogP) is 19.4. The van der Waals surface area contributed by atoms with Gasteiger partial charge in [-0.2, -0.15) is 0 Å². The molecule has 0 radical (unpaired) electrons. The Hall–Kier alpha value is -9.70. The van der Waals surface area contributed by atoms with Gasteiger partial charge in [0.15, 0.2) is 0 Å². The van der Waals surface area contributed by atoms with Crippen molar-refractivity contribution in [3.8, 4) is 50.6 Å². The second kappa shape index (κ2) is 17.7. The summed E-state index contributed by atoms with van der Waals surface area (Å²) in [5.41, 5.74) is 21.7. The lowest BCUT2D eigenvalue weighted by Crippen LogP contribution is -2.32. The number of hydrogen-bond donors (Lipinski definition) is 0. The fourth-order valence-electron chi connectivity index (χ4n) is 13.4. The Labute approximate surface area is 449 Å². The number of rotatable bonds is 8. The van der Waals surface area contributed by atoms with Gasteiger partial charge in [0.05, 0.1) is 22.1 Å². The third-order valence-corrected chi connectivity index (χ3v) is 16.8. The smallest absolute Gasteiger partial charge is 0.132 e. The van der Waals surface area contributed by atoms with Crippen LogP contribution in [0, 0.1) is 0 Å². The van der Waals surface area contributed by atoms with Gasteiger partial charge >= 0.3 is 0 Å². The molecular weight excluding hydrogens is 933 g/mol. The first kappa shape index (κ1) is 44.8. The summed E-state index contributed by atoms with van der Waals surface area (Å²) in [4.78, 5) is 2.50. The number of hydrogen-bond acceptors (Lipinski definition) is 2. The Kier molecular flexibility index (Phi) is 10.3. The molecule has 3 heteroatoms. The summed E-state index contributed by atoms with van der Waals surface area (Å²) in [6.07, 6.45) is 7.81. The molecule has 364 valence electrons. The summed E-state index contributed by atoms with van der Waals surface area (Å²) in [5.74, 6) is 1.78.